The standard InChI is InChI=1S/C21H26FN5O3S/c1-3-4-7-23-21-24-13-16-17(14-26(2)20(16)25-21)15-5-6-19(18(22)12-15)31(28,29)27-8-10-30-11-9-27/h5-6,12-14H,3-4,7-11H2,1-2H3,(H,23,24,25). The van der Waals surface area contributed by atoms with Gasteiger partial charge in [0.15, 0.2) is 0 Å². The average molecular weight is 448 g/mol. The van der Waals surface area contributed by atoms with E-state index >= 15 is 0 Å². The Bertz CT molecular complexity index is 1190. The molecule has 1 aliphatic rings. The summed E-state index contributed by atoms with van der Waals surface area (Å²) in [5.74, 6) is -0.230. The van der Waals surface area contributed by atoms with Gasteiger partial charge in [-0.25, -0.2) is 17.8 Å². The molecule has 1 N–H and O–H groups in total. The number of nitrogens with one attached hydrogen (secondary N) is 1. The van der Waals surface area contributed by atoms with Crippen LogP contribution in [0.2, 0.25) is 0 Å². The van der Waals surface area contributed by atoms with E-state index in [0.29, 0.717) is 24.7 Å². The first-order valence-corrected chi connectivity index (χ1v) is 11.8. The number of aryl methyl sites for hydroxylation is 1. The van der Waals surface area contributed by atoms with Crippen molar-refractivity contribution in [1.82, 2.24) is 18.8 Å². The number of fused-ring (bicyclic) bond motifs is 1. The van der Waals surface area contributed by atoms with Crippen LogP contribution in [-0.2, 0) is 21.8 Å². The minimum Gasteiger partial charge on any atom is -0.379 e. The Labute approximate surface area is 181 Å². The molecule has 1 aromatic carbocycles. The zero-order valence-corrected chi connectivity index (χ0v) is 18.5. The molecule has 0 saturated carbocycles. The first-order valence-electron chi connectivity index (χ1n) is 10.4. The maximum atomic E-state index is 14.9. The Balaban J connectivity index is 1.66. The van der Waals surface area contributed by atoms with E-state index in [2.05, 4.69) is 22.2 Å². The predicted octanol–water partition coefficient (Wildman–Crippen LogP) is 3.01. The Morgan fingerprint density at radius 1 is 1.26 bits per heavy atom. The van der Waals surface area contributed by atoms with E-state index in [-0.39, 0.29) is 18.0 Å². The smallest absolute Gasteiger partial charge is 0.246 e. The Morgan fingerprint density at radius 2 is 2.03 bits per heavy atom. The molecule has 0 spiro atoms. The summed E-state index contributed by atoms with van der Waals surface area (Å²) in [4.78, 5) is 8.62. The number of aromatic nitrogens is 3. The van der Waals surface area contributed by atoms with Gasteiger partial charge < -0.3 is 14.6 Å². The molecule has 1 fully saturated rings. The number of sulfonamides is 1. The SMILES string of the molecule is CCCCNc1ncc2c(-c3ccc(S(=O)(=O)N4CCOCC4)c(F)c3)cn(C)c2n1. The summed E-state index contributed by atoms with van der Waals surface area (Å²) >= 11 is 0. The van der Waals surface area contributed by atoms with Crippen LogP contribution < -0.4 is 5.32 Å². The van der Waals surface area contributed by atoms with Gasteiger partial charge in [-0.1, -0.05) is 19.4 Å². The lowest BCUT2D eigenvalue weighted by Crippen LogP contribution is -2.40. The van der Waals surface area contributed by atoms with Crippen molar-refractivity contribution in [2.24, 2.45) is 7.05 Å². The fourth-order valence-corrected chi connectivity index (χ4v) is 5.11. The highest BCUT2D eigenvalue weighted by Gasteiger charge is 2.29. The third-order valence-electron chi connectivity index (χ3n) is 5.36. The number of hydrogen-bond donors (Lipinski definition) is 1. The number of unbranched alkanes of at least 4 members (excludes halogenated alkanes) is 1. The van der Waals surface area contributed by atoms with Crippen molar-refractivity contribution in [1.29, 1.82) is 0 Å². The molecular weight excluding hydrogens is 421 g/mol. The third kappa shape index (κ3) is 4.28. The number of nitrogens with zero attached hydrogens (tertiary/aromatic N) is 4. The lowest BCUT2D eigenvalue weighted by Gasteiger charge is -2.26. The van der Waals surface area contributed by atoms with E-state index in [1.165, 1.54) is 16.4 Å². The zero-order chi connectivity index (χ0) is 22.0. The van der Waals surface area contributed by atoms with Gasteiger partial charge in [0.25, 0.3) is 0 Å². The van der Waals surface area contributed by atoms with Crippen molar-refractivity contribution in [3.05, 3.63) is 36.4 Å². The molecule has 8 nitrogen and oxygen atoms in total. The topological polar surface area (TPSA) is 89.4 Å². The minimum atomic E-state index is -3.91. The first kappa shape index (κ1) is 21.7. The molecule has 2 aromatic heterocycles. The lowest BCUT2D eigenvalue weighted by molar-refractivity contribution is 0.0729. The fourth-order valence-electron chi connectivity index (χ4n) is 3.65. The summed E-state index contributed by atoms with van der Waals surface area (Å²) in [6, 6.07) is 4.21. The molecule has 3 aromatic rings. The zero-order valence-electron chi connectivity index (χ0n) is 17.6. The second-order valence-electron chi connectivity index (χ2n) is 7.53. The lowest BCUT2D eigenvalue weighted by atomic mass is 10.1. The minimum absolute atomic E-state index is 0.221. The fraction of sp³-hybridized carbons (Fsp3) is 0.429. The van der Waals surface area contributed by atoms with Crippen molar-refractivity contribution in [2.45, 2.75) is 24.7 Å². The molecule has 3 heterocycles. The highest BCUT2D eigenvalue weighted by atomic mass is 32.2. The van der Waals surface area contributed by atoms with E-state index in [4.69, 9.17) is 4.74 Å². The van der Waals surface area contributed by atoms with Crippen molar-refractivity contribution in [3.8, 4) is 11.1 Å². The van der Waals surface area contributed by atoms with Crippen LogP contribution in [0.1, 0.15) is 19.8 Å². The summed E-state index contributed by atoms with van der Waals surface area (Å²) in [6.07, 6.45) is 5.66. The van der Waals surface area contributed by atoms with Gasteiger partial charge in [0.1, 0.15) is 16.4 Å². The average Bonchev–Trinajstić information content (AvgIpc) is 3.10. The van der Waals surface area contributed by atoms with Crippen LogP contribution in [0, 0.1) is 5.82 Å². The molecule has 1 saturated heterocycles. The number of halogens is 1. The van der Waals surface area contributed by atoms with E-state index in [0.717, 1.165) is 36.0 Å². The van der Waals surface area contributed by atoms with Gasteiger partial charge in [-0.15, -0.1) is 0 Å². The maximum Gasteiger partial charge on any atom is 0.246 e. The van der Waals surface area contributed by atoms with Crippen LogP contribution in [-0.4, -0.2) is 60.1 Å². The number of rotatable bonds is 7. The van der Waals surface area contributed by atoms with Crippen LogP contribution in [0.5, 0.6) is 0 Å². The van der Waals surface area contributed by atoms with E-state index < -0.39 is 15.8 Å². The molecular formula is C21H26FN5O3S. The Hall–Kier alpha value is -2.56. The van der Waals surface area contributed by atoms with Crippen molar-refractivity contribution in [3.63, 3.8) is 0 Å². The van der Waals surface area contributed by atoms with E-state index in [1.54, 1.807) is 12.3 Å². The monoisotopic (exact) mass is 447 g/mol. The molecule has 1 aliphatic heterocycles. The number of hydrogen-bond acceptors (Lipinski definition) is 6. The van der Waals surface area contributed by atoms with E-state index in [1.807, 2.05) is 17.8 Å². The van der Waals surface area contributed by atoms with Crippen LogP contribution in [0.15, 0.2) is 35.5 Å². The molecule has 0 amide bonds. The summed E-state index contributed by atoms with van der Waals surface area (Å²) in [7, 11) is -2.04. The van der Waals surface area contributed by atoms with Crippen molar-refractivity contribution < 1.29 is 17.5 Å². The van der Waals surface area contributed by atoms with Crippen LogP contribution in [0.4, 0.5) is 10.3 Å². The van der Waals surface area contributed by atoms with E-state index in [9.17, 15) is 12.8 Å². The van der Waals surface area contributed by atoms with Crippen LogP contribution in [0.3, 0.4) is 0 Å². The first-order chi connectivity index (χ1) is 14.9. The predicted molar refractivity (Wildman–Crippen MR) is 117 cm³/mol. The summed E-state index contributed by atoms with van der Waals surface area (Å²) in [5, 5.41) is 3.97. The van der Waals surface area contributed by atoms with Crippen LogP contribution >= 0.6 is 0 Å². The van der Waals surface area contributed by atoms with Gasteiger partial charge >= 0.3 is 0 Å². The number of anilines is 1. The Morgan fingerprint density at radius 3 is 2.74 bits per heavy atom. The highest BCUT2D eigenvalue weighted by molar-refractivity contribution is 7.89. The summed E-state index contributed by atoms with van der Waals surface area (Å²) in [5.41, 5.74) is 2.03. The third-order valence-corrected chi connectivity index (χ3v) is 7.29. The van der Waals surface area contributed by atoms with Gasteiger partial charge in [0.2, 0.25) is 16.0 Å². The summed E-state index contributed by atoms with van der Waals surface area (Å²) in [6.45, 7) is 3.97. The van der Waals surface area contributed by atoms with Gasteiger partial charge in [-0.05, 0) is 24.1 Å². The quantitative estimate of drug-likeness (QED) is 0.560. The molecule has 31 heavy (non-hydrogen) atoms. The van der Waals surface area contributed by atoms with Gasteiger partial charge in [0, 0.05) is 50.0 Å². The maximum absolute atomic E-state index is 14.9. The molecule has 166 valence electrons. The van der Waals surface area contributed by atoms with Gasteiger partial charge in [-0.3, -0.25) is 0 Å². The number of benzene rings is 1. The van der Waals surface area contributed by atoms with Crippen molar-refractivity contribution >= 4 is 27.0 Å². The normalized spacial score (nSPS) is 15.5. The summed E-state index contributed by atoms with van der Waals surface area (Å²) < 4.78 is 48.9. The molecule has 0 bridgehead atoms. The molecule has 10 heteroatoms. The number of morpholine rings is 1. The second kappa shape index (κ2) is 8.89. The molecule has 0 unspecified atom stereocenters. The molecule has 0 aliphatic carbocycles. The second-order valence-corrected chi connectivity index (χ2v) is 9.43. The van der Waals surface area contributed by atoms with Gasteiger partial charge in [-0.2, -0.15) is 9.29 Å². The molecule has 4 rings (SSSR count). The largest absolute Gasteiger partial charge is 0.379 e. The van der Waals surface area contributed by atoms with Crippen LogP contribution in [0.25, 0.3) is 22.2 Å². The Kier molecular flexibility index (Phi) is 6.22. The highest BCUT2D eigenvalue weighted by Crippen LogP contribution is 2.32. The molecule has 0 atom stereocenters. The molecule has 0 radical (unpaired) electrons. The van der Waals surface area contributed by atoms with Crippen molar-refractivity contribution in [2.75, 3.05) is 38.2 Å². The van der Waals surface area contributed by atoms with Gasteiger partial charge in [0.05, 0.1) is 13.2 Å². The number of ether oxygens (including phenoxy) is 1.